The molecule has 1 fully saturated rings. The van der Waals surface area contributed by atoms with Crippen molar-refractivity contribution in [3.63, 3.8) is 0 Å². The van der Waals surface area contributed by atoms with E-state index in [1.807, 2.05) is 7.05 Å². The van der Waals surface area contributed by atoms with E-state index in [-0.39, 0.29) is 5.91 Å². The van der Waals surface area contributed by atoms with E-state index in [4.69, 9.17) is 0 Å². The van der Waals surface area contributed by atoms with Gasteiger partial charge in [0, 0.05) is 12.6 Å². The highest BCUT2D eigenvalue weighted by Gasteiger charge is 2.44. The first-order valence-electron chi connectivity index (χ1n) is 7.43. The van der Waals surface area contributed by atoms with Crippen LogP contribution in [-0.2, 0) is 11.3 Å². The summed E-state index contributed by atoms with van der Waals surface area (Å²) in [6.45, 7) is 7.68. The average molecular weight is 274 g/mol. The Labute approximate surface area is 122 Å². The van der Waals surface area contributed by atoms with Crippen LogP contribution in [-0.4, -0.2) is 30.4 Å². The summed E-state index contributed by atoms with van der Waals surface area (Å²) in [4.78, 5) is 14.2. The Kier molecular flexibility index (Phi) is 4.48. The van der Waals surface area contributed by atoms with Gasteiger partial charge in [0.2, 0.25) is 5.91 Å². The smallest absolute Gasteiger partial charge is 0.234 e. The molecule has 0 bridgehead atoms. The van der Waals surface area contributed by atoms with Gasteiger partial charge in [0.15, 0.2) is 0 Å². The molecule has 0 saturated heterocycles. The summed E-state index contributed by atoms with van der Waals surface area (Å²) in [7, 11) is 2.04. The number of amides is 1. The summed E-state index contributed by atoms with van der Waals surface area (Å²) in [5.74, 6) is 0.101. The number of hydrogen-bond acceptors (Lipinski definition) is 2. The molecule has 110 valence electrons. The van der Waals surface area contributed by atoms with E-state index in [2.05, 4.69) is 55.3 Å². The fourth-order valence-electron chi connectivity index (χ4n) is 2.47. The summed E-state index contributed by atoms with van der Waals surface area (Å²) in [6, 6.07) is 8.74. The Bertz CT molecular complexity index is 462. The van der Waals surface area contributed by atoms with Crippen LogP contribution in [0.2, 0.25) is 0 Å². The SMILES string of the molecule is Cc1ccc(CNC(=O)CN(C)C(C)C2(C)CC2)cc1. The molecule has 0 heterocycles. The van der Waals surface area contributed by atoms with Gasteiger partial charge in [-0.05, 0) is 44.7 Å². The Balaban J connectivity index is 1.76. The minimum Gasteiger partial charge on any atom is -0.351 e. The maximum Gasteiger partial charge on any atom is 0.234 e. The molecule has 1 atom stereocenters. The predicted octanol–water partition coefficient (Wildman–Crippen LogP) is 2.73. The molecular weight excluding hydrogens is 248 g/mol. The molecule has 0 radical (unpaired) electrons. The highest BCUT2D eigenvalue weighted by molar-refractivity contribution is 5.78. The standard InChI is InChI=1S/C17H26N2O/c1-13-5-7-15(8-6-13)11-18-16(20)12-19(4)14(2)17(3)9-10-17/h5-8,14H,9-12H2,1-4H3,(H,18,20). The quantitative estimate of drug-likeness (QED) is 0.865. The topological polar surface area (TPSA) is 32.3 Å². The van der Waals surface area contributed by atoms with Gasteiger partial charge < -0.3 is 5.32 Å². The lowest BCUT2D eigenvalue weighted by atomic mass is 9.99. The highest BCUT2D eigenvalue weighted by Crippen LogP contribution is 2.49. The van der Waals surface area contributed by atoms with Crippen molar-refractivity contribution < 1.29 is 4.79 Å². The third-order valence-corrected chi connectivity index (χ3v) is 4.71. The molecule has 3 heteroatoms. The number of likely N-dealkylation sites (N-methyl/N-ethyl adjacent to an activating group) is 1. The van der Waals surface area contributed by atoms with E-state index in [9.17, 15) is 4.79 Å². The molecule has 20 heavy (non-hydrogen) atoms. The van der Waals surface area contributed by atoms with E-state index >= 15 is 0 Å². The number of benzene rings is 1. The van der Waals surface area contributed by atoms with E-state index in [0.29, 0.717) is 24.5 Å². The zero-order valence-corrected chi connectivity index (χ0v) is 13.1. The van der Waals surface area contributed by atoms with Crippen molar-refractivity contribution in [2.24, 2.45) is 5.41 Å². The van der Waals surface area contributed by atoms with Gasteiger partial charge in [-0.1, -0.05) is 36.8 Å². The zero-order chi connectivity index (χ0) is 14.8. The van der Waals surface area contributed by atoms with Crippen LogP contribution >= 0.6 is 0 Å². The van der Waals surface area contributed by atoms with Gasteiger partial charge in [-0.2, -0.15) is 0 Å². The Hall–Kier alpha value is -1.35. The molecule has 2 rings (SSSR count). The minimum atomic E-state index is 0.101. The Morgan fingerprint density at radius 1 is 1.35 bits per heavy atom. The summed E-state index contributed by atoms with van der Waals surface area (Å²) in [5.41, 5.74) is 2.81. The summed E-state index contributed by atoms with van der Waals surface area (Å²) in [6.07, 6.45) is 2.56. The van der Waals surface area contributed by atoms with Gasteiger partial charge in [0.05, 0.1) is 6.54 Å². The van der Waals surface area contributed by atoms with Crippen LogP contribution < -0.4 is 5.32 Å². The van der Waals surface area contributed by atoms with Crippen molar-refractivity contribution in [2.75, 3.05) is 13.6 Å². The number of carbonyl (C=O) groups is 1. The minimum absolute atomic E-state index is 0.101. The molecule has 0 aromatic heterocycles. The fraction of sp³-hybridized carbons (Fsp3) is 0.588. The second-order valence-electron chi connectivity index (χ2n) is 6.51. The first-order valence-corrected chi connectivity index (χ1v) is 7.43. The molecule has 1 amide bonds. The third kappa shape index (κ3) is 3.83. The van der Waals surface area contributed by atoms with Crippen LogP contribution in [0.5, 0.6) is 0 Å². The molecule has 0 aliphatic heterocycles. The number of nitrogens with one attached hydrogen (secondary N) is 1. The maximum absolute atomic E-state index is 12.0. The molecule has 1 N–H and O–H groups in total. The van der Waals surface area contributed by atoms with Crippen molar-refractivity contribution in [1.82, 2.24) is 10.2 Å². The maximum atomic E-state index is 12.0. The Morgan fingerprint density at radius 3 is 2.50 bits per heavy atom. The molecule has 1 aromatic carbocycles. The third-order valence-electron chi connectivity index (χ3n) is 4.71. The van der Waals surface area contributed by atoms with Crippen molar-refractivity contribution >= 4 is 5.91 Å². The number of hydrogen-bond donors (Lipinski definition) is 1. The van der Waals surface area contributed by atoms with Gasteiger partial charge in [-0.3, -0.25) is 9.69 Å². The van der Waals surface area contributed by atoms with Crippen LogP contribution in [0.15, 0.2) is 24.3 Å². The summed E-state index contributed by atoms with van der Waals surface area (Å²) in [5, 5.41) is 3.00. The fourth-order valence-corrected chi connectivity index (χ4v) is 2.47. The molecule has 3 nitrogen and oxygen atoms in total. The van der Waals surface area contributed by atoms with Crippen LogP contribution in [0.4, 0.5) is 0 Å². The number of aryl methyl sites for hydroxylation is 1. The molecule has 1 aliphatic carbocycles. The lowest BCUT2D eigenvalue weighted by molar-refractivity contribution is -0.122. The van der Waals surface area contributed by atoms with Crippen LogP contribution in [0.1, 0.15) is 37.8 Å². The second-order valence-corrected chi connectivity index (χ2v) is 6.51. The molecule has 1 aliphatic rings. The largest absolute Gasteiger partial charge is 0.351 e. The van der Waals surface area contributed by atoms with E-state index in [1.54, 1.807) is 0 Å². The lowest BCUT2D eigenvalue weighted by Crippen LogP contribution is -2.42. The molecule has 1 unspecified atom stereocenters. The second kappa shape index (κ2) is 5.96. The van der Waals surface area contributed by atoms with Gasteiger partial charge in [0.25, 0.3) is 0 Å². The number of rotatable bonds is 6. The zero-order valence-electron chi connectivity index (χ0n) is 13.1. The molecule has 1 saturated carbocycles. The number of carbonyl (C=O) groups excluding carboxylic acids is 1. The summed E-state index contributed by atoms with van der Waals surface area (Å²) >= 11 is 0. The van der Waals surface area contributed by atoms with Crippen LogP contribution in [0.25, 0.3) is 0 Å². The van der Waals surface area contributed by atoms with Crippen LogP contribution in [0.3, 0.4) is 0 Å². The summed E-state index contributed by atoms with van der Waals surface area (Å²) < 4.78 is 0. The van der Waals surface area contributed by atoms with Crippen LogP contribution in [0, 0.1) is 12.3 Å². The van der Waals surface area contributed by atoms with Gasteiger partial charge >= 0.3 is 0 Å². The first-order chi connectivity index (χ1) is 9.40. The van der Waals surface area contributed by atoms with Crippen molar-refractivity contribution in [2.45, 2.75) is 46.2 Å². The van der Waals surface area contributed by atoms with Gasteiger partial charge in [-0.25, -0.2) is 0 Å². The Morgan fingerprint density at radius 2 is 1.95 bits per heavy atom. The number of nitrogens with zero attached hydrogens (tertiary/aromatic N) is 1. The predicted molar refractivity (Wildman–Crippen MR) is 82.5 cm³/mol. The van der Waals surface area contributed by atoms with Gasteiger partial charge in [-0.15, -0.1) is 0 Å². The van der Waals surface area contributed by atoms with E-state index < -0.39 is 0 Å². The normalized spacial score (nSPS) is 17.9. The molecular formula is C17H26N2O. The lowest BCUT2D eigenvalue weighted by Gasteiger charge is -2.29. The van der Waals surface area contributed by atoms with E-state index in [0.717, 1.165) is 5.56 Å². The van der Waals surface area contributed by atoms with E-state index in [1.165, 1.54) is 18.4 Å². The highest BCUT2D eigenvalue weighted by atomic mass is 16.2. The van der Waals surface area contributed by atoms with Crippen molar-refractivity contribution in [3.05, 3.63) is 35.4 Å². The van der Waals surface area contributed by atoms with Crippen molar-refractivity contribution in [3.8, 4) is 0 Å². The molecule has 0 spiro atoms. The van der Waals surface area contributed by atoms with Gasteiger partial charge in [0.1, 0.15) is 0 Å². The molecule has 1 aromatic rings. The van der Waals surface area contributed by atoms with Crippen molar-refractivity contribution in [1.29, 1.82) is 0 Å². The average Bonchev–Trinajstić information content (AvgIpc) is 3.16. The monoisotopic (exact) mass is 274 g/mol. The first kappa shape index (κ1) is 15.0.